The maximum Gasteiger partial charge on any atom is 0.319 e. The van der Waals surface area contributed by atoms with Crippen molar-refractivity contribution in [3.63, 3.8) is 0 Å². The van der Waals surface area contributed by atoms with Crippen LogP contribution in [0.5, 0.6) is 0 Å². The summed E-state index contributed by atoms with van der Waals surface area (Å²) in [5.74, 6) is -0.0908. The topological polar surface area (TPSA) is 142 Å². The summed E-state index contributed by atoms with van der Waals surface area (Å²) in [5.41, 5.74) is 10.3. The van der Waals surface area contributed by atoms with Crippen LogP contribution in [-0.2, 0) is 6.54 Å². The predicted molar refractivity (Wildman–Crippen MR) is 105 cm³/mol. The van der Waals surface area contributed by atoms with Crippen molar-refractivity contribution >= 4 is 28.7 Å². The minimum Gasteiger partial charge on any atom is -0.351 e. The molecular formula is C19H17N7O3. The molecule has 0 bridgehead atoms. The number of nitrogens with zero attached hydrogens (tertiary/aromatic N) is 4. The van der Waals surface area contributed by atoms with Crippen molar-refractivity contribution < 1.29 is 14.8 Å². The monoisotopic (exact) mass is 391 g/mol. The molecule has 0 unspecified atom stereocenters. The second-order valence-corrected chi connectivity index (χ2v) is 6.27. The van der Waals surface area contributed by atoms with Gasteiger partial charge < -0.3 is 15.3 Å². The fourth-order valence-corrected chi connectivity index (χ4v) is 3.00. The summed E-state index contributed by atoms with van der Waals surface area (Å²) in [5, 5.41) is 8.70. The Bertz CT molecular complexity index is 1170. The molecule has 0 radical (unpaired) electrons. The van der Waals surface area contributed by atoms with E-state index >= 15 is 0 Å². The van der Waals surface area contributed by atoms with Gasteiger partial charge in [0.05, 0.1) is 23.9 Å². The Hall–Kier alpha value is -4.18. The van der Waals surface area contributed by atoms with Gasteiger partial charge in [0, 0.05) is 29.3 Å². The highest BCUT2D eigenvalue weighted by Gasteiger charge is 2.16. The van der Waals surface area contributed by atoms with Crippen molar-refractivity contribution in [2.75, 3.05) is 4.90 Å². The summed E-state index contributed by atoms with van der Waals surface area (Å²) >= 11 is 0. The first-order valence-electron chi connectivity index (χ1n) is 8.63. The van der Waals surface area contributed by atoms with Gasteiger partial charge in [0.1, 0.15) is 5.82 Å². The van der Waals surface area contributed by atoms with Crippen LogP contribution >= 0.6 is 0 Å². The van der Waals surface area contributed by atoms with Crippen LogP contribution in [0.3, 0.4) is 0 Å². The van der Waals surface area contributed by atoms with Gasteiger partial charge in [0.25, 0.3) is 5.91 Å². The number of hydroxylamine groups is 1. The first kappa shape index (κ1) is 18.2. The minimum absolute atomic E-state index is 0.121. The van der Waals surface area contributed by atoms with E-state index in [4.69, 9.17) is 10.9 Å². The zero-order valence-electron chi connectivity index (χ0n) is 15.1. The number of fused-ring (bicyclic) bond motifs is 1. The van der Waals surface area contributed by atoms with Crippen LogP contribution in [0.2, 0.25) is 0 Å². The number of anilines is 1. The number of imidazole rings is 2. The smallest absolute Gasteiger partial charge is 0.319 e. The normalized spacial score (nSPS) is 10.8. The van der Waals surface area contributed by atoms with Crippen LogP contribution in [0.4, 0.5) is 10.5 Å². The third-order valence-electron chi connectivity index (χ3n) is 4.43. The number of aromatic nitrogens is 4. The number of benzene rings is 2. The molecule has 0 saturated carbocycles. The lowest BCUT2D eigenvalue weighted by molar-refractivity contribution is 0.0706. The van der Waals surface area contributed by atoms with Crippen molar-refractivity contribution in [3.8, 4) is 5.69 Å². The molecular weight excluding hydrogens is 374 g/mol. The van der Waals surface area contributed by atoms with Crippen LogP contribution in [0.1, 0.15) is 16.2 Å². The highest BCUT2D eigenvalue weighted by atomic mass is 16.5. The third kappa shape index (κ3) is 3.64. The summed E-state index contributed by atoms with van der Waals surface area (Å²) in [7, 11) is 0. The third-order valence-corrected chi connectivity index (χ3v) is 4.43. The second kappa shape index (κ2) is 7.44. The van der Waals surface area contributed by atoms with Gasteiger partial charge in [0.15, 0.2) is 0 Å². The van der Waals surface area contributed by atoms with Gasteiger partial charge in [-0.25, -0.2) is 20.2 Å². The van der Waals surface area contributed by atoms with Crippen LogP contribution in [0.25, 0.3) is 16.7 Å². The second-order valence-electron chi connectivity index (χ2n) is 6.27. The van der Waals surface area contributed by atoms with Gasteiger partial charge in [0.2, 0.25) is 0 Å². The quantitative estimate of drug-likeness (QED) is 0.304. The first-order valence-corrected chi connectivity index (χ1v) is 8.63. The molecule has 0 aliphatic carbocycles. The number of hydrogen-bond donors (Lipinski definition) is 4. The van der Waals surface area contributed by atoms with Crippen molar-refractivity contribution in [2.24, 2.45) is 5.73 Å². The Morgan fingerprint density at radius 1 is 1.21 bits per heavy atom. The number of H-pyrrole nitrogens is 1. The lowest BCUT2D eigenvalue weighted by atomic mass is 10.2. The fourth-order valence-electron chi connectivity index (χ4n) is 3.00. The predicted octanol–water partition coefficient (Wildman–Crippen LogP) is 1.95. The molecule has 3 amide bonds. The zero-order valence-corrected chi connectivity index (χ0v) is 15.1. The number of hydrogen-bond acceptors (Lipinski definition) is 5. The highest BCUT2D eigenvalue weighted by Crippen LogP contribution is 2.20. The number of urea groups is 1. The van der Waals surface area contributed by atoms with Crippen molar-refractivity contribution in [3.05, 3.63) is 72.6 Å². The van der Waals surface area contributed by atoms with Crippen LogP contribution < -0.4 is 16.1 Å². The lowest BCUT2D eigenvalue weighted by Crippen LogP contribution is -2.35. The number of rotatable bonds is 5. The number of aromatic amines is 1. The van der Waals surface area contributed by atoms with Crippen molar-refractivity contribution in [2.45, 2.75) is 6.54 Å². The molecule has 29 heavy (non-hydrogen) atoms. The molecule has 146 valence electrons. The first-order chi connectivity index (χ1) is 14.0. The number of nitrogens with one attached hydrogen (secondary N) is 2. The average molecular weight is 391 g/mol. The molecule has 0 aliphatic rings. The summed E-state index contributed by atoms with van der Waals surface area (Å²) in [4.78, 5) is 36.5. The summed E-state index contributed by atoms with van der Waals surface area (Å²) in [6.45, 7) is 0.121. The van der Waals surface area contributed by atoms with Gasteiger partial charge in [-0.2, -0.15) is 0 Å². The molecule has 0 aliphatic heterocycles. The number of carbonyl (C=O) groups is 2. The Balaban J connectivity index is 1.60. The lowest BCUT2D eigenvalue weighted by Gasteiger charge is -2.19. The van der Waals surface area contributed by atoms with Crippen molar-refractivity contribution in [1.29, 1.82) is 0 Å². The number of amides is 3. The molecule has 2 aromatic heterocycles. The van der Waals surface area contributed by atoms with Gasteiger partial charge in [-0.05, 0) is 42.5 Å². The van der Waals surface area contributed by atoms with E-state index in [1.54, 1.807) is 30.1 Å². The summed E-state index contributed by atoms with van der Waals surface area (Å²) in [6.07, 6.45) is 5.24. The Morgan fingerprint density at radius 3 is 2.66 bits per heavy atom. The van der Waals surface area contributed by atoms with E-state index in [9.17, 15) is 9.59 Å². The molecule has 0 fully saturated rings. The van der Waals surface area contributed by atoms with E-state index in [2.05, 4.69) is 15.0 Å². The molecule has 10 heteroatoms. The number of primary amides is 1. The largest absolute Gasteiger partial charge is 0.351 e. The van der Waals surface area contributed by atoms with Gasteiger partial charge in [-0.1, -0.05) is 0 Å². The minimum atomic E-state index is -0.663. The van der Waals surface area contributed by atoms with Gasteiger partial charge in [-0.15, -0.1) is 0 Å². The summed E-state index contributed by atoms with van der Waals surface area (Å²) in [6, 6.07) is 11.2. The molecule has 2 heterocycles. The van der Waals surface area contributed by atoms with E-state index in [1.807, 2.05) is 29.0 Å². The molecule has 0 spiro atoms. The Labute approximate surface area is 164 Å². The van der Waals surface area contributed by atoms with Crippen molar-refractivity contribution in [1.82, 2.24) is 25.0 Å². The van der Waals surface area contributed by atoms with Crippen LogP contribution in [0, 0.1) is 0 Å². The Kier molecular flexibility index (Phi) is 4.67. The van der Waals surface area contributed by atoms with E-state index in [0.29, 0.717) is 11.5 Å². The molecule has 0 atom stereocenters. The maximum atomic E-state index is 12.0. The standard InChI is InChI=1S/C19H17N7O3/c20-19(28)26(13-3-1-12(2-4-13)18(27)24-29)10-17-22-15-6-5-14(9-16(15)23-17)25-8-7-21-11-25/h1-9,11,29H,10H2,(H2,20,28)(H,22,23)(H,24,27). The molecule has 4 rings (SSSR count). The molecule has 5 N–H and O–H groups in total. The molecule has 0 saturated heterocycles. The number of carbonyl (C=O) groups excluding carboxylic acids is 2. The Morgan fingerprint density at radius 2 is 2.00 bits per heavy atom. The van der Waals surface area contributed by atoms with E-state index in [0.717, 1.165) is 16.7 Å². The molecule has 2 aromatic carbocycles. The van der Waals surface area contributed by atoms with Gasteiger partial charge >= 0.3 is 6.03 Å². The zero-order chi connectivity index (χ0) is 20.4. The fraction of sp³-hybridized carbons (Fsp3) is 0.0526. The molecule has 4 aromatic rings. The van der Waals surface area contributed by atoms with E-state index in [1.165, 1.54) is 17.0 Å². The van der Waals surface area contributed by atoms with Gasteiger partial charge in [-0.3, -0.25) is 14.9 Å². The highest BCUT2D eigenvalue weighted by molar-refractivity contribution is 5.95. The molecule has 10 nitrogen and oxygen atoms in total. The number of nitrogens with two attached hydrogens (primary N) is 1. The van der Waals surface area contributed by atoms with E-state index in [-0.39, 0.29) is 12.1 Å². The SMILES string of the molecule is NC(=O)N(Cc1nc2ccc(-n3ccnc3)cc2[nH]1)c1ccc(C(=O)NO)cc1. The summed E-state index contributed by atoms with van der Waals surface area (Å²) < 4.78 is 1.87. The average Bonchev–Trinajstić information content (AvgIpc) is 3.40. The van der Waals surface area contributed by atoms with E-state index < -0.39 is 11.9 Å². The van der Waals surface area contributed by atoms with Crippen LogP contribution in [-0.4, -0.2) is 36.7 Å². The maximum absolute atomic E-state index is 12.0. The van der Waals surface area contributed by atoms with Crippen LogP contribution in [0.15, 0.2) is 61.2 Å².